The van der Waals surface area contributed by atoms with E-state index in [9.17, 15) is 4.79 Å². The van der Waals surface area contributed by atoms with E-state index < -0.39 is 0 Å². The Labute approximate surface area is 179 Å². The highest BCUT2D eigenvalue weighted by atomic mass is 32.1. The molecule has 30 heavy (non-hydrogen) atoms. The molecule has 0 saturated carbocycles. The molecule has 3 heterocycles. The molecule has 1 saturated heterocycles. The monoisotopic (exact) mass is 420 g/mol. The van der Waals surface area contributed by atoms with Crippen LogP contribution in [0.15, 0.2) is 42.5 Å². The molecule has 0 spiro atoms. The van der Waals surface area contributed by atoms with Gasteiger partial charge in [0, 0.05) is 30.2 Å². The van der Waals surface area contributed by atoms with Crippen LogP contribution in [0.5, 0.6) is 11.5 Å². The van der Waals surface area contributed by atoms with Crippen molar-refractivity contribution in [2.75, 3.05) is 13.7 Å². The normalized spacial score (nSPS) is 20.7. The summed E-state index contributed by atoms with van der Waals surface area (Å²) in [6.45, 7) is 2.81. The maximum absolute atomic E-state index is 13.0. The molecule has 3 aromatic rings. The summed E-state index contributed by atoms with van der Waals surface area (Å²) in [4.78, 5) is 19.8. The van der Waals surface area contributed by atoms with Crippen LogP contribution < -0.4 is 9.47 Å². The molecule has 2 aliphatic heterocycles. The van der Waals surface area contributed by atoms with E-state index in [4.69, 9.17) is 14.5 Å². The zero-order valence-electron chi connectivity index (χ0n) is 17.1. The summed E-state index contributed by atoms with van der Waals surface area (Å²) in [6, 6.07) is 12.2. The van der Waals surface area contributed by atoms with E-state index in [1.54, 1.807) is 24.5 Å². The lowest BCUT2D eigenvalue weighted by atomic mass is 10.1. The van der Waals surface area contributed by atoms with Crippen LogP contribution in [0.3, 0.4) is 0 Å². The number of methoxy groups -OCH3 is 1. The van der Waals surface area contributed by atoms with Crippen molar-refractivity contribution in [3.8, 4) is 11.5 Å². The fourth-order valence-corrected chi connectivity index (χ4v) is 5.45. The SMILES string of the molecule is COc1cc2c(cc1C=CC(=O)N1CCCC1c1nc3ccccc3s1)OC(C)C2. The second-order valence-electron chi connectivity index (χ2n) is 7.88. The number of hydrogen-bond donors (Lipinski definition) is 0. The van der Waals surface area contributed by atoms with Crippen molar-refractivity contribution < 1.29 is 14.3 Å². The van der Waals surface area contributed by atoms with E-state index in [0.717, 1.165) is 59.0 Å². The van der Waals surface area contributed by atoms with Gasteiger partial charge in [-0.25, -0.2) is 4.98 Å². The molecular formula is C24H24N2O3S. The molecule has 0 bridgehead atoms. The summed E-state index contributed by atoms with van der Waals surface area (Å²) in [5.41, 5.74) is 3.01. The fraction of sp³-hybridized carbons (Fsp3) is 0.333. The standard InChI is InChI=1S/C24H24N2O3S/c1-15-12-17-14-20(28-2)16(13-21(17)29-15)9-10-23(27)26-11-5-7-19(26)24-25-18-6-3-4-8-22(18)30-24/h3-4,6,8-10,13-15,19H,5,7,11-12H2,1-2H3. The van der Waals surface area contributed by atoms with E-state index >= 15 is 0 Å². The van der Waals surface area contributed by atoms with Crippen LogP contribution in [0, 0.1) is 0 Å². The van der Waals surface area contributed by atoms with Gasteiger partial charge in [-0.2, -0.15) is 0 Å². The van der Waals surface area contributed by atoms with Crippen LogP contribution in [-0.2, 0) is 11.2 Å². The van der Waals surface area contributed by atoms with Gasteiger partial charge in [-0.1, -0.05) is 12.1 Å². The predicted molar refractivity (Wildman–Crippen MR) is 119 cm³/mol. The van der Waals surface area contributed by atoms with Crippen LogP contribution in [0.1, 0.15) is 41.9 Å². The minimum Gasteiger partial charge on any atom is -0.496 e. The highest BCUT2D eigenvalue weighted by Gasteiger charge is 2.31. The molecule has 5 nitrogen and oxygen atoms in total. The number of thiazole rings is 1. The number of fused-ring (bicyclic) bond motifs is 2. The lowest BCUT2D eigenvalue weighted by molar-refractivity contribution is -0.126. The third-order valence-electron chi connectivity index (χ3n) is 5.79. The predicted octanol–water partition coefficient (Wildman–Crippen LogP) is 5.01. The molecule has 1 fully saturated rings. The minimum atomic E-state index is 0.00796. The number of rotatable bonds is 4. The molecule has 5 rings (SSSR count). The first-order valence-electron chi connectivity index (χ1n) is 10.3. The zero-order valence-corrected chi connectivity index (χ0v) is 17.9. The van der Waals surface area contributed by atoms with Gasteiger partial charge >= 0.3 is 0 Å². The maximum Gasteiger partial charge on any atom is 0.247 e. The summed E-state index contributed by atoms with van der Waals surface area (Å²) in [7, 11) is 1.66. The van der Waals surface area contributed by atoms with Crippen molar-refractivity contribution in [1.82, 2.24) is 9.88 Å². The van der Waals surface area contributed by atoms with Gasteiger partial charge in [0.25, 0.3) is 0 Å². The summed E-state index contributed by atoms with van der Waals surface area (Å²) < 4.78 is 12.6. The molecule has 154 valence electrons. The number of amides is 1. The Balaban J connectivity index is 1.38. The van der Waals surface area contributed by atoms with Crippen molar-refractivity contribution >= 4 is 33.5 Å². The van der Waals surface area contributed by atoms with Crippen molar-refractivity contribution in [2.45, 2.75) is 38.3 Å². The Hall–Kier alpha value is -2.86. The highest BCUT2D eigenvalue weighted by molar-refractivity contribution is 7.18. The molecule has 1 amide bonds. The molecule has 0 N–H and O–H groups in total. The number of carbonyl (C=O) groups excluding carboxylic acids is 1. The van der Waals surface area contributed by atoms with Crippen LogP contribution in [0.2, 0.25) is 0 Å². The summed E-state index contributed by atoms with van der Waals surface area (Å²) in [5.74, 6) is 1.65. The zero-order chi connectivity index (χ0) is 20.7. The Morgan fingerprint density at radius 2 is 2.20 bits per heavy atom. The van der Waals surface area contributed by atoms with E-state index in [1.165, 1.54) is 4.70 Å². The minimum absolute atomic E-state index is 0.00796. The first kappa shape index (κ1) is 19.1. The number of benzene rings is 2. The second-order valence-corrected chi connectivity index (χ2v) is 8.94. The van der Waals surface area contributed by atoms with Gasteiger partial charge in [0.15, 0.2) is 0 Å². The molecule has 6 heteroatoms. The fourth-order valence-electron chi connectivity index (χ4n) is 4.34. The van der Waals surface area contributed by atoms with Gasteiger partial charge in [0.2, 0.25) is 5.91 Å². The van der Waals surface area contributed by atoms with E-state index in [2.05, 4.69) is 13.0 Å². The van der Waals surface area contributed by atoms with Crippen molar-refractivity contribution in [1.29, 1.82) is 0 Å². The van der Waals surface area contributed by atoms with Gasteiger partial charge in [-0.15, -0.1) is 11.3 Å². The molecule has 2 aromatic carbocycles. The number of nitrogens with zero attached hydrogens (tertiary/aromatic N) is 2. The number of aromatic nitrogens is 1. The van der Waals surface area contributed by atoms with Gasteiger partial charge in [0.1, 0.15) is 22.6 Å². The van der Waals surface area contributed by atoms with Gasteiger partial charge in [-0.05, 0) is 50.1 Å². The first-order chi connectivity index (χ1) is 14.6. The molecule has 0 radical (unpaired) electrons. The largest absolute Gasteiger partial charge is 0.496 e. The Morgan fingerprint density at radius 1 is 1.33 bits per heavy atom. The molecule has 1 aromatic heterocycles. The number of likely N-dealkylation sites (tertiary alicyclic amines) is 1. The van der Waals surface area contributed by atoms with Crippen LogP contribution in [0.25, 0.3) is 16.3 Å². The summed E-state index contributed by atoms with van der Waals surface area (Å²) >= 11 is 1.68. The van der Waals surface area contributed by atoms with Crippen molar-refractivity contribution in [3.63, 3.8) is 0 Å². The van der Waals surface area contributed by atoms with E-state index in [1.807, 2.05) is 41.3 Å². The third kappa shape index (κ3) is 3.45. The Morgan fingerprint density at radius 3 is 3.03 bits per heavy atom. The van der Waals surface area contributed by atoms with Gasteiger partial charge in [0.05, 0.1) is 23.4 Å². The topological polar surface area (TPSA) is 51.7 Å². The highest BCUT2D eigenvalue weighted by Crippen LogP contribution is 2.38. The van der Waals surface area contributed by atoms with Crippen LogP contribution in [-0.4, -0.2) is 35.5 Å². The van der Waals surface area contributed by atoms with Crippen LogP contribution in [0.4, 0.5) is 0 Å². The summed E-state index contributed by atoms with van der Waals surface area (Å²) in [5, 5.41) is 1.02. The van der Waals surface area contributed by atoms with Crippen molar-refractivity contribution in [3.05, 3.63) is 58.6 Å². The lowest BCUT2D eigenvalue weighted by Crippen LogP contribution is -2.28. The quantitative estimate of drug-likeness (QED) is 0.557. The molecular weight excluding hydrogens is 396 g/mol. The van der Waals surface area contributed by atoms with Gasteiger partial charge < -0.3 is 14.4 Å². The number of hydrogen-bond acceptors (Lipinski definition) is 5. The second kappa shape index (κ2) is 7.76. The van der Waals surface area contributed by atoms with E-state index in [-0.39, 0.29) is 18.1 Å². The molecule has 2 atom stereocenters. The average Bonchev–Trinajstić information content (AvgIpc) is 3.47. The Kier molecular flexibility index (Phi) is 4.95. The third-order valence-corrected chi connectivity index (χ3v) is 6.92. The van der Waals surface area contributed by atoms with Crippen LogP contribution >= 0.6 is 11.3 Å². The molecule has 2 aliphatic rings. The maximum atomic E-state index is 13.0. The van der Waals surface area contributed by atoms with Crippen molar-refractivity contribution in [2.24, 2.45) is 0 Å². The average molecular weight is 421 g/mol. The summed E-state index contributed by atoms with van der Waals surface area (Å²) in [6.07, 6.45) is 6.48. The first-order valence-corrected chi connectivity index (χ1v) is 11.2. The van der Waals surface area contributed by atoms with E-state index in [0.29, 0.717) is 0 Å². The lowest BCUT2D eigenvalue weighted by Gasteiger charge is -2.21. The number of para-hydroxylation sites is 1. The molecule has 0 aliphatic carbocycles. The number of carbonyl (C=O) groups is 1. The number of ether oxygens (including phenoxy) is 2. The van der Waals surface area contributed by atoms with Gasteiger partial charge in [-0.3, -0.25) is 4.79 Å². The smallest absolute Gasteiger partial charge is 0.247 e. The Bertz CT molecular complexity index is 1100. The molecule has 2 unspecified atom stereocenters.